The first-order chi connectivity index (χ1) is 60.1. The van der Waals surface area contributed by atoms with Crippen LogP contribution in [-0.2, 0) is 20.6 Å². The summed E-state index contributed by atoms with van der Waals surface area (Å²) in [5.74, 6) is 4.07. The molecule has 0 atom stereocenters. The number of imidazole rings is 4. The Morgan fingerprint density at radius 1 is 0.452 bits per heavy atom. The molecule has 0 amide bonds. The fraction of sp³-hybridized carbons (Fsp3) is 0.275. The van der Waals surface area contributed by atoms with Gasteiger partial charge in [0.2, 0.25) is 5.95 Å². The van der Waals surface area contributed by atoms with E-state index >= 15 is 0 Å². The summed E-state index contributed by atoms with van der Waals surface area (Å²) in [6.07, 6.45) is 27.2. The number of nitrogens with one attached hydrogen (secondary N) is 4. The highest BCUT2D eigenvalue weighted by atomic mass is 80.9. The van der Waals surface area contributed by atoms with Crippen molar-refractivity contribution in [3.05, 3.63) is 238 Å². The van der Waals surface area contributed by atoms with E-state index in [0.29, 0.717) is 16.1 Å². The normalized spacial score (nSPS) is 13.2. The van der Waals surface area contributed by atoms with Gasteiger partial charge in [-0.2, -0.15) is 0 Å². The molecule has 124 heavy (non-hydrogen) atoms. The average Bonchev–Trinajstić information content (AvgIpc) is 1.57. The fourth-order valence-corrected chi connectivity index (χ4v) is 15.7. The highest BCUT2D eigenvalue weighted by molar-refractivity contribution is 9.93. The molecule has 0 saturated carbocycles. The van der Waals surface area contributed by atoms with Gasteiger partial charge in [0, 0.05) is 215 Å². The van der Waals surface area contributed by atoms with Crippen LogP contribution in [0.5, 0.6) is 0 Å². The number of nitrogen functional groups attached to an aromatic ring is 2. The lowest BCUT2D eigenvalue weighted by atomic mass is 9.91. The third kappa shape index (κ3) is 21.0. The molecule has 4 aliphatic heterocycles. The zero-order chi connectivity index (χ0) is 87.7. The summed E-state index contributed by atoms with van der Waals surface area (Å²) < 4.78 is 40.3. The van der Waals surface area contributed by atoms with E-state index in [0.717, 1.165) is 257 Å². The Hall–Kier alpha value is -12.1. The maximum atomic E-state index is 11.4. The quantitative estimate of drug-likeness (QED) is 0.0577. The summed E-state index contributed by atoms with van der Waals surface area (Å²) in [5.41, 5.74) is 44.1. The van der Waals surface area contributed by atoms with Gasteiger partial charge in [-0.1, -0.05) is 32.8 Å². The Morgan fingerprint density at radius 2 is 0.847 bits per heavy atom. The van der Waals surface area contributed by atoms with Crippen LogP contribution in [0.25, 0.3) is 111 Å². The summed E-state index contributed by atoms with van der Waals surface area (Å²) in [5, 5.41) is 22.8. The molecule has 33 heteroatoms. The molecule has 3 saturated heterocycles. The van der Waals surface area contributed by atoms with Gasteiger partial charge in [0.25, 0.3) is 0 Å². The van der Waals surface area contributed by atoms with E-state index < -0.39 is 0 Å². The predicted octanol–water partition coefficient (Wildman–Crippen LogP) is 19.8. The maximum Gasteiger partial charge on any atom is 0.338 e. The Labute approximate surface area is 746 Å². The summed E-state index contributed by atoms with van der Waals surface area (Å²) in [6.45, 7) is 32.7. The molecule has 0 bridgehead atoms. The minimum absolute atomic E-state index is 0.190. The highest BCUT2D eigenvalue weighted by Crippen LogP contribution is 2.44. The van der Waals surface area contributed by atoms with E-state index in [1.807, 2.05) is 130 Å². The Bertz CT molecular complexity index is 6230. The number of hydrogen-bond acceptors (Lipinski definition) is 25. The molecule has 0 spiro atoms. The average molecular weight is 1880 g/mol. The number of nitrogens with two attached hydrogens (primary N) is 2. The summed E-state index contributed by atoms with van der Waals surface area (Å²) in [4.78, 5) is 55.5. The van der Waals surface area contributed by atoms with Crippen LogP contribution in [0.15, 0.2) is 183 Å². The van der Waals surface area contributed by atoms with Crippen molar-refractivity contribution < 1.29 is 37.1 Å². The van der Waals surface area contributed by atoms with Gasteiger partial charge in [-0.25, -0.2) is 24.7 Å². The SMILES string of the molecule is BrBr.C1CCOC1.C1COCCN1.Cc1ccncc1-c1cc(-c2c(C)noc2C)cc(N)c1N.Cc1ccncc1-c1cc(-c2c(C)noc2C)cc2[nH]c(Br)nc12.Cc1ccncc1-c1cc(-c2c(C)noc2C)cc2[nH]c(N3CCOCC3)nc12.Cc1ccncc1-c1cc(-c2c(C)noc2C)cc2c1CC(=S)N2.O=C(n1ccnc1)n1ccnc1. The molecular formula is C91H96Br3N21O8S. The van der Waals surface area contributed by atoms with E-state index in [1.165, 1.54) is 51.3 Å². The topological polar surface area (TPSA) is 373 Å². The van der Waals surface area contributed by atoms with Gasteiger partial charge >= 0.3 is 6.03 Å². The largest absolute Gasteiger partial charge is 0.397 e. The van der Waals surface area contributed by atoms with E-state index in [2.05, 4.69) is 182 Å². The molecule has 29 nitrogen and oxygen atoms in total. The van der Waals surface area contributed by atoms with Crippen LogP contribution < -0.4 is 27.0 Å². The van der Waals surface area contributed by atoms with Crippen molar-refractivity contribution in [1.29, 1.82) is 0 Å². The number of fused-ring (bicyclic) bond motifs is 3. The van der Waals surface area contributed by atoms with Gasteiger partial charge in [-0.05, 0) is 240 Å². The first kappa shape index (κ1) is 89.7. The van der Waals surface area contributed by atoms with Crippen LogP contribution in [0.1, 0.15) is 86.5 Å². The Kier molecular flexibility index (Phi) is 30.3. The number of halogens is 3. The third-order valence-corrected chi connectivity index (χ3v) is 21.9. The maximum absolute atomic E-state index is 11.4. The predicted molar refractivity (Wildman–Crippen MR) is 499 cm³/mol. The summed E-state index contributed by atoms with van der Waals surface area (Å²) in [6, 6.07) is 24.5. The number of benzene rings is 4. The van der Waals surface area contributed by atoms with Crippen LogP contribution in [0.2, 0.25) is 0 Å². The van der Waals surface area contributed by atoms with Gasteiger partial charge in [-0.15, -0.1) is 0 Å². The van der Waals surface area contributed by atoms with Crippen molar-refractivity contribution in [2.75, 3.05) is 87.5 Å². The van der Waals surface area contributed by atoms with Crippen molar-refractivity contribution in [3.63, 3.8) is 0 Å². The van der Waals surface area contributed by atoms with E-state index in [1.54, 1.807) is 43.4 Å². The zero-order valence-corrected chi connectivity index (χ0v) is 76.4. The van der Waals surface area contributed by atoms with E-state index in [4.69, 9.17) is 61.0 Å². The number of aryl methyl sites for hydroxylation is 12. The summed E-state index contributed by atoms with van der Waals surface area (Å²) >= 11 is 14.3. The lowest BCUT2D eigenvalue weighted by Gasteiger charge is -2.26. The molecule has 0 aliphatic carbocycles. The van der Waals surface area contributed by atoms with Crippen molar-refractivity contribution in [3.8, 4) is 89.0 Å². The second-order valence-electron chi connectivity index (χ2n) is 29.8. The number of ether oxygens (including phenoxy) is 3. The van der Waals surface area contributed by atoms with Crippen LogP contribution in [-0.4, -0.2) is 156 Å². The molecule has 4 aliphatic rings. The number of hydrogen-bond donors (Lipinski definition) is 6. The van der Waals surface area contributed by atoms with Crippen molar-refractivity contribution in [2.45, 2.75) is 102 Å². The number of pyridine rings is 4. The molecule has 16 heterocycles. The van der Waals surface area contributed by atoms with Crippen molar-refractivity contribution in [1.82, 2.24) is 84.9 Å². The number of rotatable bonds is 9. The highest BCUT2D eigenvalue weighted by Gasteiger charge is 2.27. The second-order valence-corrected chi connectivity index (χ2v) is 31.0. The lowest BCUT2D eigenvalue weighted by Crippen LogP contribution is -2.36. The molecule has 3 fully saturated rings. The zero-order valence-electron chi connectivity index (χ0n) is 70.9. The monoisotopic (exact) mass is 1880 g/mol. The van der Waals surface area contributed by atoms with Gasteiger partial charge < -0.3 is 69.3 Å². The number of nitrogens with zero attached hydrogens (tertiary/aromatic N) is 15. The molecule has 12 aromatic heterocycles. The first-order valence-electron chi connectivity index (χ1n) is 40.2. The molecular weight excluding hydrogens is 1790 g/mol. The standard InChI is InChI=1S/C22H23N5O2.C19H17N3OS.C18H15BrN4O.C17H18N4O.C7H6N4O.C4H9NO.C4H8O.Br2/c1-13-4-5-23-12-18(13)17-10-16(20-14(2)26-29-15(20)3)11-19-21(17)25-22(24-19)27-6-8-28-9-7-27;1-10-4-5-20-9-16(10)14-6-13(19-11(2)22-23-12(19)3)7-17-15(14)8-18(24)21-17;1-9-4-5-20-8-14(9)13-6-12(16-10(2)23-24-11(16)3)7-15-17(13)22-18(19)21-15;1-9-4-5-20-8-14(9)13-6-12(7-15(18)17(13)19)16-10(2)21-22-11(16)3;12-7(10-3-1-8-5-10)11-4-2-9-6-11;1-3-6-4-2-5-1;1-2-4-5-3-1;1-2/h4-5,10-12H,6-9H2,1-3H3,(H,24,25);4-7,9H,8H2,1-3H3,(H,21,24);4-8H,1-3H3,(H,21,22);4-8H,18-19H2,1-3H3;1-6H;5H,1-4H2;1-4H2;. The minimum Gasteiger partial charge on any atom is -0.397 e. The number of carbonyl (C=O) groups is 1. The second kappa shape index (κ2) is 41.9. The van der Waals surface area contributed by atoms with Crippen LogP contribution in [0.4, 0.5) is 27.8 Å². The number of anilines is 4. The lowest BCUT2D eigenvalue weighted by molar-refractivity contribution is 0.109. The molecule has 16 aromatic rings. The van der Waals surface area contributed by atoms with E-state index in [-0.39, 0.29) is 6.03 Å². The number of aromatic nitrogens is 16. The number of morpholine rings is 2. The minimum atomic E-state index is -0.190. The number of carbonyl (C=O) groups excluding carboxylic acids is 1. The van der Waals surface area contributed by atoms with Gasteiger partial charge in [0.1, 0.15) is 35.7 Å². The smallest absolute Gasteiger partial charge is 0.338 e. The van der Waals surface area contributed by atoms with Crippen LogP contribution in [0, 0.1) is 83.1 Å². The molecule has 640 valence electrons. The molecule has 20 rings (SSSR count). The number of thiocarbonyl (C=S) groups is 1. The Balaban J connectivity index is 0.000000130. The van der Waals surface area contributed by atoms with Gasteiger partial charge in [-0.3, -0.25) is 29.1 Å². The van der Waals surface area contributed by atoms with Gasteiger partial charge in [0.05, 0.1) is 87.6 Å². The third-order valence-electron chi connectivity index (χ3n) is 21.2. The summed E-state index contributed by atoms with van der Waals surface area (Å²) in [7, 11) is 0. The van der Waals surface area contributed by atoms with Crippen LogP contribution >= 0.6 is 56.4 Å². The molecule has 8 N–H and O–H groups in total. The molecule has 0 unspecified atom stereocenters. The molecule has 0 radical (unpaired) electrons. The fourth-order valence-electron chi connectivity index (χ4n) is 15.0. The molecule has 4 aromatic carbocycles. The first-order valence-corrected chi connectivity index (χ1v) is 45.1. The number of H-pyrrole nitrogens is 2. The van der Waals surface area contributed by atoms with Crippen molar-refractivity contribution >= 4 is 113 Å². The van der Waals surface area contributed by atoms with Crippen molar-refractivity contribution in [2.24, 2.45) is 0 Å². The van der Waals surface area contributed by atoms with E-state index in [9.17, 15) is 4.79 Å². The Morgan fingerprint density at radius 3 is 1.24 bits per heavy atom. The van der Waals surface area contributed by atoms with Crippen LogP contribution in [0.3, 0.4) is 0 Å². The number of aromatic amines is 2. The van der Waals surface area contributed by atoms with Gasteiger partial charge in [0.15, 0.2) is 4.73 Å².